The molecule has 1 aromatic heterocycles. The Balaban J connectivity index is 2.31. The van der Waals surface area contributed by atoms with Gasteiger partial charge in [0, 0.05) is 6.07 Å². The molecule has 1 heterocycles. The third kappa shape index (κ3) is 2.59. The van der Waals surface area contributed by atoms with Gasteiger partial charge in [0.15, 0.2) is 5.13 Å². The van der Waals surface area contributed by atoms with Crippen LogP contribution in [0.3, 0.4) is 0 Å². The molecule has 20 heavy (non-hydrogen) atoms. The molecule has 8 heteroatoms. The SMILES string of the molecule is Cc1nc(N)sc1C(=O)Nc1cccc([N+](=O)[O-])c1C. The minimum atomic E-state index is -0.485. The highest BCUT2D eigenvalue weighted by Crippen LogP contribution is 2.27. The van der Waals surface area contributed by atoms with Crippen molar-refractivity contribution >= 4 is 33.8 Å². The van der Waals surface area contributed by atoms with E-state index >= 15 is 0 Å². The summed E-state index contributed by atoms with van der Waals surface area (Å²) in [6.45, 7) is 3.27. The number of carbonyl (C=O) groups is 1. The van der Waals surface area contributed by atoms with Crippen LogP contribution >= 0.6 is 11.3 Å². The maximum Gasteiger partial charge on any atom is 0.274 e. The van der Waals surface area contributed by atoms with Crippen molar-refractivity contribution in [2.75, 3.05) is 11.1 Å². The van der Waals surface area contributed by atoms with Crippen molar-refractivity contribution in [3.8, 4) is 0 Å². The number of nitro groups is 1. The lowest BCUT2D eigenvalue weighted by Crippen LogP contribution is -2.13. The molecule has 2 aromatic rings. The molecule has 0 bridgehead atoms. The normalized spacial score (nSPS) is 10.3. The number of nitro benzene ring substituents is 1. The average molecular weight is 292 g/mol. The molecule has 7 nitrogen and oxygen atoms in total. The lowest BCUT2D eigenvalue weighted by atomic mass is 10.1. The van der Waals surface area contributed by atoms with E-state index in [0.717, 1.165) is 11.3 Å². The maximum atomic E-state index is 12.1. The Kier molecular flexibility index (Phi) is 3.66. The van der Waals surface area contributed by atoms with E-state index in [1.165, 1.54) is 12.1 Å². The average Bonchev–Trinajstić information content (AvgIpc) is 2.70. The van der Waals surface area contributed by atoms with Crippen molar-refractivity contribution < 1.29 is 9.72 Å². The molecular weight excluding hydrogens is 280 g/mol. The van der Waals surface area contributed by atoms with Crippen LogP contribution in [0.5, 0.6) is 0 Å². The Morgan fingerprint density at radius 3 is 2.70 bits per heavy atom. The molecule has 0 radical (unpaired) electrons. The molecule has 1 aromatic carbocycles. The lowest BCUT2D eigenvalue weighted by molar-refractivity contribution is -0.385. The Hall–Kier alpha value is -2.48. The van der Waals surface area contributed by atoms with Crippen molar-refractivity contribution in [3.63, 3.8) is 0 Å². The predicted molar refractivity (Wildman–Crippen MR) is 77.1 cm³/mol. The molecule has 0 unspecified atom stereocenters. The van der Waals surface area contributed by atoms with Gasteiger partial charge >= 0.3 is 0 Å². The zero-order valence-corrected chi connectivity index (χ0v) is 11.7. The molecule has 0 fully saturated rings. The quantitative estimate of drug-likeness (QED) is 0.667. The van der Waals surface area contributed by atoms with Crippen molar-refractivity contribution in [2.24, 2.45) is 0 Å². The summed E-state index contributed by atoms with van der Waals surface area (Å²) < 4.78 is 0. The molecule has 0 aliphatic rings. The smallest absolute Gasteiger partial charge is 0.274 e. The third-order valence-electron chi connectivity index (χ3n) is 2.77. The van der Waals surface area contributed by atoms with E-state index in [1.54, 1.807) is 19.9 Å². The molecular formula is C12H12N4O3S. The number of nitrogens with one attached hydrogen (secondary N) is 1. The number of carbonyl (C=O) groups excluding carboxylic acids is 1. The summed E-state index contributed by atoms with van der Waals surface area (Å²) in [6.07, 6.45) is 0. The summed E-state index contributed by atoms with van der Waals surface area (Å²) in [5, 5.41) is 13.8. The molecule has 0 saturated carbocycles. The van der Waals surface area contributed by atoms with Gasteiger partial charge in [0.1, 0.15) is 4.88 Å². The molecule has 0 spiro atoms. The van der Waals surface area contributed by atoms with Crippen LogP contribution in [-0.4, -0.2) is 15.8 Å². The van der Waals surface area contributed by atoms with E-state index in [-0.39, 0.29) is 11.6 Å². The molecule has 0 saturated heterocycles. The molecule has 0 aliphatic heterocycles. The lowest BCUT2D eigenvalue weighted by Gasteiger charge is -2.07. The number of aromatic nitrogens is 1. The Morgan fingerprint density at radius 1 is 1.45 bits per heavy atom. The van der Waals surface area contributed by atoms with Crippen LogP contribution in [0, 0.1) is 24.0 Å². The summed E-state index contributed by atoms with van der Waals surface area (Å²) in [6, 6.07) is 4.52. The highest BCUT2D eigenvalue weighted by Gasteiger charge is 2.18. The van der Waals surface area contributed by atoms with E-state index in [2.05, 4.69) is 10.3 Å². The van der Waals surface area contributed by atoms with Crippen molar-refractivity contribution in [1.29, 1.82) is 0 Å². The number of nitrogens with two attached hydrogens (primary N) is 1. The fourth-order valence-corrected chi connectivity index (χ4v) is 2.49. The van der Waals surface area contributed by atoms with Crippen LogP contribution in [-0.2, 0) is 0 Å². The number of amides is 1. The van der Waals surface area contributed by atoms with E-state index in [1.807, 2.05) is 0 Å². The van der Waals surface area contributed by atoms with E-state index in [0.29, 0.717) is 27.0 Å². The van der Waals surface area contributed by atoms with Crippen LogP contribution in [0.25, 0.3) is 0 Å². The van der Waals surface area contributed by atoms with Crippen LogP contribution in [0.4, 0.5) is 16.5 Å². The van der Waals surface area contributed by atoms with E-state index in [4.69, 9.17) is 5.73 Å². The van der Waals surface area contributed by atoms with Gasteiger partial charge in [0.2, 0.25) is 0 Å². The van der Waals surface area contributed by atoms with Gasteiger partial charge in [-0.3, -0.25) is 14.9 Å². The predicted octanol–water partition coefficient (Wildman–Crippen LogP) is 2.50. The summed E-state index contributed by atoms with van der Waals surface area (Å²) in [4.78, 5) is 26.9. The van der Waals surface area contributed by atoms with E-state index in [9.17, 15) is 14.9 Å². The largest absolute Gasteiger partial charge is 0.375 e. The van der Waals surface area contributed by atoms with Crippen LogP contribution in [0.1, 0.15) is 20.9 Å². The second kappa shape index (κ2) is 5.25. The minimum Gasteiger partial charge on any atom is -0.375 e. The zero-order valence-electron chi connectivity index (χ0n) is 10.8. The fraction of sp³-hybridized carbons (Fsp3) is 0.167. The van der Waals surface area contributed by atoms with Gasteiger partial charge in [0.25, 0.3) is 11.6 Å². The van der Waals surface area contributed by atoms with Crippen molar-refractivity contribution in [3.05, 3.63) is 44.4 Å². The van der Waals surface area contributed by atoms with Crippen LogP contribution in [0.15, 0.2) is 18.2 Å². The number of anilines is 2. The third-order valence-corrected chi connectivity index (χ3v) is 3.75. The second-order valence-corrected chi connectivity index (χ2v) is 5.16. The Labute approximate surface area is 118 Å². The standard InChI is InChI=1S/C12H12N4O3S/c1-6-8(4-3-5-9(6)16(18)19)15-11(17)10-7(2)14-12(13)20-10/h3-5H,1-2H3,(H2,13,14)(H,15,17). The fourth-order valence-electron chi connectivity index (χ4n) is 1.76. The molecule has 104 valence electrons. The number of aryl methyl sites for hydroxylation is 1. The number of nitrogen functional groups attached to an aromatic ring is 1. The number of thiazole rings is 1. The Morgan fingerprint density at radius 2 is 2.15 bits per heavy atom. The van der Waals surface area contributed by atoms with Crippen molar-refractivity contribution in [2.45, 2.75) is 13.8 Å². The minimum absolute atomic E-state index is 0.0386. The monoisotopic (exact) mass is 292 g/mol. The van der Waals surface area contributed by atoms with Crippen LogP contribution in [0.2, 0.25) is 0 Å². The number of rotatable bonds is 3. The molecule has 0 atom stereocenters. The maximum absolute atomic E-state index is 12.1. The number of hydrogen-bond acceptors (Lipinski definition) is 6. The number of nitrogens with zero attached hydrogens (tertiary/aromatic N) is 2. The highest BCUT2D eigenvalue weighted by molar-refractivity contribution is 7.17. The summed E-state index contributed by atoms with van der Waals surface area (Å²) in [5.74, 6) is -0.375. The van der Waals surface area contributed by atoms with Gasteiger partial charge in [-0.2, -0.15) is 0 Å². The van der Waals surface area contributed by atoms with Gasteiger partial charge in [-0.05, 0) is 19.9 Å². The second-order valence-electron chi connectivity index (χ2n) is 4.13. The molecule has 3 N–H and O–H groups in total. The highest BCUT2D eigenvalue weighted by atomic mass is 32.1. The van der Waals surface area contributed by atoms with E-state index < -0.39 is 4.92 Å². The Bertz CT molecular complexity index is 696. The zero-order chi connectivity index (χ0) is 14.9. The van der Waals surface area contributed by atoms with Crippen molar-refractivity contribution in [1.82, 2.24) is 4.98 Å². The summed E-state index contributed by atoms with van der Waals surface area (Å²) in [5.41, 5.74) is 6.84. The summed E-state index contributed by atoms with van der Waals surface area (Å²) in [7, 11) is 0. The summed E-state index contributed by atoms with van der Waals surface area (Å²) >= 11 is 1.08. The van der Waals surface area contributed by atoms with Crippen LogP contribution < -0.4 is 11.1 Å². The van der Waals surface area contributed by atoms with Gasteiger partial charge in [-0.25, -0.2) is 4.98 Å². The molecule has 1 amide bonds. The first-order valence-corrected chi connectivity index (χ1v) is 6.50. The number of hydrogen-bond donors (Lipinski definition) is 2. The number of benzene rings is 1. The first-order valence-electron chi connectivity index (χ1n) is 5.68. The van der Waals surface area contributed by atoms with Gasteiger partial charge in [-0.15, -0.1) is 0 Å². The first kappa shape index (κ1) is 13.9. The molecule has 2 rings (SSSR count). The van der Waals surface area contributed by atoms with Gasteiger partial charge in [-0.1, -0.05) is 17.4 Å². The topological polar surface area (TPSA) is 111 Å². The first-order chi connectivity index (χ1) is 9.40. The van der Waals surface area contributed by atoms with Gasteiger partial charge < -0.3 is 11.1 Å². The van der Waals surface area contributed by atoms with Gasteiger partial charge in [0.05, 0.1) is 21.9 Å². The molecule has 0 aliphatic carbocycles.